The van der Waals surface area contributed by atoms with Gasteiger partial charge in [0.1, 0.15) is 11.4 Å². The Morgan fingerprint density at radius 3 is 2.48 bits per heavy atom. The van der Waals surface area contributed by atoms with E-state index in [1.807, 2.05) is 31.6 Å². The molecule has 1 N–H and O–H groups in total. The Kier molecular flexibility index (Phi) is 5.51. The summed E-state index contributed by atoms with van der Waals surface area (Å²) in [5.74, 6) is 0.313. The van der Waals surface area contributed by atoms with Crippen LogP contribution in [0, 0.1) is 11.7 Å². The van der Waals surface area contributed by atoms with Crippen LogP contribution >= 0.6 is 0 Å². The number of carbonyl (C=O) groups excluding carboxylic acids is 1. The molecule has 2 atom stereocenters. The van der Waals surface area contributed by atoms with Crippen LogP contribution in [0.3, 0.4) is 0 Å². The third-order valence-electron chi connectivity index (χ3n) is 6.74. The average Bonchev–Trinajstić information content (AvgIpc) is 3.30. The summed E-state index contributed by atoms with van der Waals surface area (Å²) in [6.07, 6.45) is 6.05. The molecule has 7 heteroatoms. The predicted molar refractivity (Wildman–Crippen MR) is 127 cm³/mol. The lowest BCUT2D eigenvalue weighted by molar-refractivity contribution is 0.0490. The minimum absolute atomic E-state index is 0.0720. The van der Waals surface area contributed by atoms with Crippen molar-refractivity contribution in [2.75, 3.05) is 11.4 Å². The molecule has 5 rings (SSSR count). The summed E-state index contributed by atoms with van der Waals surface area (Å²) in [5, 5.41) is 8.72. The summed E-state index contributed by atoms with van der Waals surface area (Å²) in [5.41, 5.74) is 2.44. The first kappa shape index (κ1) is 21.7. The first-order valence-electron chi connectivity index (χ1n) is 11.8. The molecular weight excluding hydrogens is 419 g/mol. The van der Waals surface area contributed by atoms with Crippen molar-refractivity contribution in [3.8, 4) is 5.69 Å². The molecule has 2 heterocycles. The number of fused-ring (bicyclic) bond motifs is 1. The molecule has 1 saturated heterocycles. The molecule has 33 heavy (non-hydrogen) atoms. The fourth-order valence-electron chi connectivity index (χ4n) is 5.08. The molecule has 1 unspecified atom stereocenters. The summed E-state index contributed by atoms with van der Waals surface area (Å²) in [7, 11) is 0. The van der Waals surface area contributed by atoms with E-state index in [0.717, 1.165) is 35.2 Å². The molecule has 2 aromatic carbocycles. The molecule has 6 nitrogen and oxygen atoms in total. The van der Waals surface area contributed by atoms with Gasteiger partial charge in [0.05, 0.1) is 29.5 Å². The van der Waals surface area contributed by atoms with E-state index in [9.17, 15) is 9.18 Å². The Morgan fingerprint density at radius 1 is 1.09 bits per heavy atom. The molecule has 2 aliphatic rings. The van der Waals surface area contributed by atoms with Gasteiger partial charge in [-0.3, -0.25) is 0 Å². The maximum Gasteiger partial charge on any atom is 0.407 e. The van der Waals surface area contributed by atoms with Crippen LogP contribution in [0.2, 0.25) is 0 Å². The Hall–Kier alpha value is -3.09. The Morgan fingerprint density at radius 2 is 1.82 bits per heavy atom. The van der Waals surface area contributed by atoms with Crippen molar-refractivity contribution in [2.24, 2.45) is 5.92 Å². The molecule has 1 aromatic heterocycles. The van der Waals surface area contributed by atoms with Gasteiger partial charge in [-0.05, 0) is 88.4 Å². The van der Waals surface area contributed by atoms with Crippen molar-refractivity contribution in [1.29, 1.82) is 0 Å². The summed E-state index contributed by atoms with van der Waals surface area (Å²) < 4.78 is 20.7. The molecule has 0 spiro atoms. The molecule has 1 aliphatic heterocycles. The minimum atomic E-state index is -0.510. The summed E-state index contributed by atoms with van der Waals surface area (Å²) in [4.78, 5) is 14.9. The van der Waals surface area contributed by atoms with E-state index >= 15 is 0 Å². The number of amides is 1. The van der Waals surface area contributed by atoms with Gasteiger partial charge in [0.2, 0.25) is 0 Å². The Balaban J connectivity index is 1.40. The number of nitrogens with zero attached hydrogens (tertiary/aromatic N) is 3. The second-order valence-electron chi connectivity index (χ2n) is 10.2. The molecule has 3 aromatic rings. The molecule has 1 amide bonds. The van der Waals surface area contributed by atoms with Crippen LogP contribution in [0.1, 0.15) is 46.5 Å². The lowest BCUT2D eigenvalue weighted by atomic mass is 9.77. The van der Waals surface area contributed by atoms with Crippen molar-refractivity contribution in [1.82, 2.24) is 15.1 Å². The van der Waals surface area contributed by atoms with Crippen molar-refractivity contribution >= 4 is 22.7 Å². The monoisotopic (exact) mass is 450 g/mol. The zero-order valence-corrected chi connectivity index (χ0v) is 19.4. The molecule has 174 valence electrons. The van der Waals surface area contributed by atoms with E-state index in [2.05, 4.69) is 33.5 Å². The van der Waals surface area contributed by atoms with Crippen molar-refractivity contribution in [3.05, 3.63) is 54.5 Å². The van der Waals surface area contributed by atoms with Gasteiger partial charge in [-0.15, -0.1) is 0 Å². The number of anilines is 1. The van der Waals surface area contributed by atoms with E-state index in [4.69, 9.17) is 4.74 Å². The Bertz CT molecular complexity index is 1150. The smallest absolute Gasteiger partial charge is 0.407 e. The van der Waals surface area contributed by atoms with E-state index in [1.165, 1.54) is 31.4 Å². The lowest BCUT2D eigenvalue weighted by Crippen LogP contribution is -2.51. The number of alkyl carbamates (subject to hydrolysis) is 1. The number of aromatic nitrogens is 2. The number of hydrogen-bond donors (Lipinski definition) is 1. The largest absolute Gasteiger partial charge is 0.444 e. The first-order valence-corrected chi connectivity index (χ1v) is 11.8. The SMILES string of the molecule is CC(C)(C)OC(=O)NC1CCN(c2ccc3c(cnn3-c3ccc(F)cc3)c2)[C@@H]1C1CCC1. The van der Waals surface area contributed by atoms with Crippen LogP contribution in [0.4, 0.5) is 14.9 Å². The van der Waals surface area contributed by atoms with Gasteiger partial charge in [0, 0.05) is 17.6 Å². The molecular formula is C26H31FN4O2. The van der Waals surface area contributed by atoms with Gasteiger partial charge < -0.3 is 15.0 Å². The summed E-state index contributed by atoms with van der Waals surface area (Å²) >= 11 is 0. The van der Waals surface area contributed by atoms with Crippen LogP contribution in [0.15, 0.2) is 48.7 Å². The molecule has 1 aliphatic carbocycles. The lowest BCUT2D eigenvalue weighted by Gasteiger charge is -2.41. The number of nitrogens with one attached hydrogen (secondary N) is 1. The topological polar surface area (TPSA) is 59.4 Å². The maximum absolute atomic E-state index is 13.3. The Labute approximate surface area is 193 Å². The third-order valence-corrected chi connectivity index (χ3v) is 6.74. The van der Waals surface area contributed by atoms with E-state index in [1.54, 1.807) is 12.1 Å². The third kappa shape index (κ3) is 4.41. The molecule has 2 fully saturated rings. The number of halogens is 1. The first-order chi connectivity index (χ1) is 15.8. The highest BCUT2D eigenvalue weighted by atomic mass is 19.1. The summed E-state index contributed by atoms with van der Waals surface area (Å²) in [6, 6.07) is 13.1. The van der Waals surface area contributed by atoms with E-state index in [-0.39, 0.29) is 24.0 Å². The molecule has 1 saturated carbocycles. The van der Waals surface area contributed by atoms with Crippen LogP contribution in [-0.2, 0) is 4.74 Å². The number of benzene rings is 2. The van der Waals surface area contributed by atoms with E-state index in [0.29, 0.717) is 5.92 Å². The second-order valence-corrected chi connectivity index (χ2v) is 10.2. The zero-order chi connectivity index (χ0) is 23.2. The van der Waals surface area contributed by atoms with Crippen molar-refractivity contribution < 1.29 is 13.9 Å². The second kappa shape index (κ2) is 8.36. The number of ether oxygens (including phenoxy) is 1. The van der Waals surface area contributed by atoms with Crippen molar-refractivity contribution in [3.63, 3.8) is 0 Å². The van der Waals surface area contributed by atoms with Crippen molar-refractivity contribution in [2.45, 2.75) is 64.1 Å². The highest BCUT2D eigenvalue weighted by Crippen LogP contribution is 2.40. The number of carbonyl (C=O) groups is 1. The highest BCUT2D eigenvalue weighted by Gasteiger charge is 2.43. The van der Waals surface area contributed by atoms with Gasteiger partial charge in [-0.1, -0.05) is 6.42 Å². The number of rotatable bonds is 4. The van der Waals surface area contributed by atoms with Crippen LogP contribution < -0.4 is 10.2 Å². The van der Waals surface area contributed by atoms with Gasteiger partial charge in [0.25, 0.3) is 0 Å². The van der Waals surface area contributed by atoms with Gasteiger partial charge >= 0.3 is 6.09 Å². The van der Waals surface area contributed by atoms with Crippen LogP contribution in [0.5, 0.6) is 0 Å². The van der Waals surface area contributed by atoms with E-state index < -0.39 is 5.60 Å². The van der Waals surface area contributed by atoms with Gasteiger partial charge in [0.15, 0.2) is 0 Å². The maximum atomic E-state index is 13.3. The summed E-state index contributed by atoms with van der Waals surface area (Å²) in [6.45, 7) is 6.55. The molecule has 0 radical (unpaired) electrons. The highest BCUT2D eigenvalue weighted by molar-refractivity contribution is 5.84. The minimum Gasteiger partial charge on any atom is -0.444 e. The fourth-order valence-corrected chi connectivity index (χ4v) is 5.08. The average molecular weight is 451 g/mol. The fraction of sp³-hybridized carbons (Fsp3) is 0.462. The zero-order valence-electron chi connectivity index (χ0n) is 19.4. The van der Waals surface area contributed by atoms with Gasteiger partial charge in [-0.2, -0.15) is 5.10 Å². The molecule has 0 bridgehead atoms. The predicted octanol–water partition coefficient (Wildman–Crippen LogP) is 5.44. The normalized spacial score (nSPS) is 21.3. The standard InChI is InChI=1S/C26H31FN4O2/c1-26(2,3)33-25(32)29-22-13-14-30(24(22)17-5-4-6-17)21-11-12-23-18(15-21)16-28-31(23)20-9-7-19(27)8-10-20/h7-12,15-17,22,24H,4-6,13-14H2,1-3H3,(H,29,32)/t22?,24-/m1/s1. The van der Waals surface area contributed by atoms with Gasteiger partial charge in [-0.25, -0.2) is 13.9 Å². The van der Waals surface area contributed by atoms with Crippen LogP contribution in [0.25, 0.3) is 16.6 Å². The quantitative estimate of drug-likeness (QED) is 0.575. The number of hydrogen-bond acceptors (Lipinski definition) is 4. The van der Waals surface area contributed by atoms with Crippen LogP contribution in [-0.4, -0.2) is 40.1 Å².